The summed E-state index contributed by atoms with van der Waals surface area (Å²) in [6, 6.07) is 24.7. The molecule has 27 heavy (non-hydrogen) atoms. The molecule has 2 aromatic heterocycles. The summed E-state index contributed by atoms with van der Waals surface area (Å²) >= 11 is 3.91. The van der Waals surface area contributed by atoms with Crippen LogP contribution in [-0.4, -0.2) is 0 Å². The lowest BCUT2D eigenvalue weighted by Crippen LogP contribution is -1.84. The second-order valence-corrected chi connectivity index (χ2v) is 9.33. The average molecular weight is 387 g/mol. The van der Waals surface area contributed by atoms with E-state index in [0.717, 1.165) is 0 Å². The molecule has 3 aromatic carbocycles. The molecule has 0 amide bonds. The van der Waals surface area contributed by atoms with Gasteiger partial charge in [0, 0.05) is 20.2 Å². The van der Waals surface area contributed by atoms with Crippen LogP contribution in [0.3, 0.4) is 0 Å². The van der Waals surface area contributed by atoms with Gasteiger partial charge in [0.1, 0.15) is 0 Å². The minimum atomic E-state index is 1.20. The Morgan fingerprint density at radius 2 is 1.37 bits per heavy atom. The molecule has 0 atom stereocenters. The van der Waals surface area contributed by atoms with Crippen molar-refractivity contribution >= 4 is 52.2 Å². The lowest BCUT2D eigenvalue weighted by Gasteiger charge is -2.01. The molecule has 0 spiro atoms. The predicted molar refractivity (Wildman–Crippen MR) is 123 cm³/mol. The molecule has 0 saturated heterocycles. The van der Waals surface area contributed by atoms with Crippen LogP contribution in [0.15, 0.2) is 66.7 Å². The van der Waals surface area contributed by atoms with Crippen LogP contribution in [0.2, 0.25) is 0 Å². The number of hydrogen-bond donors (Lipinski definition) is 0. The quantitative estimate of drug-likeness (QED) is 0.265. The number of unbranched alkanes of at least 4 members (excludes halogenated alkanes) is 2. The van der Waals surface area contributed by atoms with E-state index in [4.69, 9.17) is 0 Å². The van der Waals surface area contributed by atoms with E-state index in [9.17, 15) is 0 Å². The maximum atomic E-state index is 2.42. The highest BCUT2D eigenvalue weighted by Gasteiger charge is 2.13. The van der Waals surface area contributed by atoms with Gasteiger partial charge in [0.2, 0.25) is 0 Å². The molecule has 0 unspecified atom stereocenters. The molecule has 2 heterocycles. The topological polar surface area (TPSA) is 0 Å². The fourth-order valence-corrected chi connectivity index (χ4v) is 6.60. The summed E-state index contributed by atoms with van der Waals surface area (Å²) in [5, 5.41) is 2.83. The monoisotopic (exact) mass is 386 g/mol. The maximum absolute atomic E-state index is 2.42. The molecule has 0 nitrogen and oxygen atoms in total. The first kappa shape index (κ1) is 17.0. The molecular formula is C25H22S2. The van der Waals surface area contributed by atoms with Crippen molar-refractivity contribution in [2.75, 3.05) is 0 Å². The molecule has 5 aromatic rings. The summed E-state index contributed by atoms with van der Waals surface area (Å²) in [4.78, 5) is 0. The first-order chi connectivity index (χ1) is 13.3. The maximum Gasteiger partial charge on any atom is 0.0542 e. The summed E-state index contributed by atoms with van der Waals surface area (Å²) in [7, 11) is 0. The molecule has 0 aliphatic rings. The van der Waals surface area contributed by atoms with Crippen molar-refractivity contribution in [1.29, 1.82) is 0 Å². The molecule has 0 saturated carbocycles. The van der Waals surface area contributed by atoms with Gasteiger partial charge in [-0.3, -0.25) is 0 Å². The van der Waals surface area contributed by atoms with E-state index in [0.29, 0.717) is 0 Å². The third kappa shape index (κ3) is 3.07. The molecule has 0 bridgehead atoms. The number of rotatable bonds is 5. The van der Waals surface area contributed by atoms with Gasteiger partial charge >= 0.3 is 0 Å². The van der Waals surface area contributed by atoms with Crippen molar-refractivity contribution in [2.45, 2.75) is 32.6 Å². The standard InChI is InChI=1S/C25H22S2/c1-2-3-5-8-17-11-13-20-22(15-17)26-25-21-14-12-19(16-23(21)27-24(20)25)18-9-6-4-7-10-18/h4,6-7,9-16H,2-3,5,8H2,1H3. The van der Waals surface area contributed by atoms with Crippen molar-refractivity contribution < 1.29 is 0 Å². The van der Waals surface area contributed by atoms with E-state index in [-0.39, 0.29) is 0 Å². The first-order valence-electron chi connectivity index (χ1n) is 9.76. The predicted octanol–water partition coefficient (Wildman–Crippen LogP) is 8.67. The highest BCUT2D eigenvalue weighted by molar-refractivity contribution is 7.36. The highest BCUT2D eigenvalue weighted by Crippen LogP contribution is 2.45. The molecule has 2 heteroatoms. The van der Waals surface area contributed by atoms with Crippen molar-refractivity contribution in [1.82, 2.24) is 0 Å². The molecule has 0 radical (unpaired) electrons. The van der Waals surface area contributed by atoms with Crippen molar-refractivity contribution in [3.63, 3.8) is 0 Å². The number of aryl methyl sites for hydroxylation is 1. The number of hydrogen-bond acceptors (Lipinski definition) is 2. The molecular weight excluding hydrogens is 364 g/mol. The van der Waals surface area contributed by atoms with Gasteiger partial charge < -0.3 is 0 Å². The van der Waals surface area contributed by atoms with E-state index < -0.39 is 0 Å². The largest absolute Gasteiger partial charge is 0.134 e. The molecule has 134 valence electrons. The van der Waals surface area contributed by atoms with E-state index in [2.05, 4.69) is 73.7 Å². The Hall–Kier alpha value is -2.16. The second-order valence-electron chi connectivity index (χ2n) is 7.23. The van der Waals surface area contributed by atoms with Crippen molar-refractivity contribution in [2.24, 2.45) is 0 Å². The van der Waals surface area contributed by atoms with Crippen molar-refractivity contribution in [3.8, 4) is 11.1 Å². The van der Waals surface area contributed by atoms with E-state index in [1.54, 1.807) is 0 Å². The third-order valence-corrected chi connectivity index (χ3v) is 7.82. The Morgan fingerprint density at radius 3 is 2.11 bits per heavy atom. The van der Waals surface area contributed by atoms with E-state index in [1.165, 1.54) is 71.9 Å². The molecule has 5 rings (SSSR count). The summed E-state index contributed by atoms with van der Waals surface area (Å²) < 4.78 is 5.75. The Morgan fingerprint density at radius 1 is 0.667 bits per heavy atom. The lowest BCUT2D eigenvalue weighted by atomic mass is 10.0. The normalized spacial score (nSPS) is 11.7. The van der Waals surface area contributed by atoms with E-state index in [1.807, 2.05) is 22.7 Å². The summed E-state index contributed by atoms with van der Waals surface area (Å²) in [6.45, 7) is 2.27. The summed E-state index contributed by atoms with van der Waals surface area (Å²) in [5.74, 6) is 0. The van der Waals surface area contributed by atoms with Crippen LogP contribution >= 0.6 is 22.7 Å². The molecule has 0 fully saturated rings. The van der Waals surface area contributed by atoms with Gasteiger partial charge in [0.15, 0.2) is 0 Å². The zero-order valence-electron chi connectivity index (χ0n) is 15.5. The van der Waals surface area contributed by atoms with Crippen LogP contribution in [0.4, 0.5) is 0 Å². The van der Waals surface area contributed by atoms with Gasteiger partial charge in [-0.05, 0) is 41.7 Å². The summed E-state index contributed by atoms with van der Waals surface area (Å²) in [6.07, 6.45) is 5.11. The van der Waals surface area contributed by atoms with Crippen LogP contribution in [-0.2, 0) is 6.42 Å². The zero-order chi connectivity index (χ0) is 18.2. The van der Waals surface area contributed by atoms with Gasteiger partial charge in [-0.25, -0.2) is 0 Å². The lowest BCUT2D eigenvalue weighted by molar-refractivity contribution is 0.718. The van der Waals surface area contributed by atoms with Crippen LogP contribution in [0.1, 0.15) is 31.7 Å². The molecule has 0 N–H and O–H groups in total. The van der Waals surface area contributed by atoms with E-state index >= 15 is 0 Å². The Kier molecular flexibility index (Phi) is 4.47. The van der Waals surface area contributed by atoms with Gasteiger partial charge in [-0.2, -0.15) is 0 Å². The highest BCUT2D eigenvalue weighted by atomic mass is 32.1. The number of thiophene rings is 2. The van der Waals surface area contributed by atoms with Gasteiger partial charge in [-0.15, -0.1) is 22.7 Å². The van der Waals surface area contributed by atoms with Gasteiger partial charge in [0.05, 0.1) is 9.40 Å². The van der Waals surface area contributed by atoms with Crippen LogP contribution < -0.4 is 0 Å². The average Bonchev–Trinajstić information content (AvgIpc) is 3.24. The SMILES string of the molecule is CCCCCc1ccc2c(c1)sc1c3ccc(-c4ccccc4)cc3sc21. The molecule has 0 aliphatic carbocycles. The minimum absolute atomic E-state index is 1.20. The van der Waals surface area contributed by atoms with Gasteiger partial charge in [0.25, 0.3) is 0 Å². The summed E-state index contributed by atoms with van der Waals surface area (Å²) in [5.41, 5.74) is 4.08. The number of benzene rings is 3. The fourth-order valence-electron chi connectivity index (χ4n) is 3.85. The smallest absolute Gasteiger partial charge is 0.0542 e. The first-order valence-corrected chi connectivity index (χ1v) is 11.4. The number of fused-ring (bicyclic) bond motifs is 5. The minimum Gasteiger partial charge on any atom is -0.134 e. The molecule has 0 aliphatic heterocycles. The third-order valence-electron chi connectivity index (χ3n) is 5.32. The van der Waals surface area contributed by atoms with Crippen LogP contribution in [0.5, 0.6) is 0 Å². The Labute approximate surface area is 168 Å². The van der Waals surface area contributed by atoms with Gasteiger partial charge in [-0.1, -0.05) is 74.4 Å². The Balaban J connectivity index is 1.59. The fraction of sp³-hybridized carbons (Fsp3) is 0.200. The zero-order valence-corrected chi connectivity index (χ0v) is 17.1. The Bertz CT molecular complexity index is 1230. The van der Waals surface area contributed by atoms with Crippen molar-refractivity contribution in [3.05, 3.63) is 72.3 Å². The van der Waals surface area contributed by atoms with Crippen LogP contribution in [0, 0.1) is 0 Å². The second kappa shape index (κ2) is 7.10. The van der Waals surface area contributed by atoms with Crippen LogP contribution in [0.25, 0.3) is 40.7 Å².